The van der Waals surface area contributed by atoms with Crippen molar-refractivity contribution in [3.8, 4) is 291 Å². The highest BCUT2D eigenvalue weighted by Gasteiger charge is 2.26. The van der Waals surface area contributed by atoms with E-state index in [-0.39, 0.29) is 12.6 Å². The Morgan fingerprint density at radius 1 is 0.400 bits per heavy atom. The fourth-order valence-corrected chi connectivity index (χ4v) is 4.69. The molecule has 1 N–H and O–H groups in total. The topological polar surface area (TPSA) is 49.0 Å². The molecule has 0 radical (unpaired) electrons. The molecule has 0 aliphatic carbocycles. The summed E-state index contributed by atoms with van der Waals surface area (Å²) in [6, 6.07) is 18.6. The molecular weight excluding hydrogens is 859 g/mol. The number of rotatable bonds is 6. The van der Waals surface area contributed by atoms with E-state index in [1.807, 2.05) is 49.5 Å². The number of benzene rings is 3. The van der Waals surface area contributed by atoms with E-state index in [2.05, 4.69) is 254 Å². The zero-order valence-corrected chi connectivity index (χ0v) is 36.3. The third kappa shape index (κ3) is 20.8. The van der Waals surface area contributed by atoms with Crippen LogP contribution in [0.4, 0.5) is 0 Å². The van der Waals surface area contributed by atoms with Gasteiger partial charge < -0.3 is 24.3 Å². The van der Waals surface area contributed by atoms with Crippen molar-refractivity contribution in [1.29, 1.82) is 0 Å². The SMILES string of the molecule is C#CC#CC#CC#CC#CC#CC#CC#CC#CC#CC#COc1cc(COc2ccc3c(c2)Oc2ccccc2C3NC)cc(OC#CC#CC#CC#CC#CC#CC#CC#CC#CC#CC#C)c1. The van der Waals surface area contributed by atoms with E-state index in [0.29, 0.717) is 28.6 Å². The zero-order valence-electron chi connectivity index (χ0n) is 36.3. The maximum Gasteiger partial charge on any atom is 0.144 e. The number of ether oxygens (including phenoxy) is 4. The highest BCUT2D eigenvalue weighted by molar-refractivity contribution is 5.56. The summed E-state index contributed by atoms with van der Waals surface area (Å²) in [5.74, 6) is 102. The van der Waals surface area contributed by atoms with Crippen LogP contribution in [0.2, 0.25) is 0 Å². The lowest BCUT2D eigenvalue weighted by molar-refractivity contribution is 0.302. The summed E-state index contributed by atoms with van der Waals surface area (Å²) in [7, 11) is 1.91. The van der Waals surface area contributed by atoms with Crippen molar-refractivity contribution in [2.45, 2.75) is 12.6 Å². The minimum atomic E-state index is -0.0325. The molecule has 4 rings (SSSR count). The maximum absolute atomic E-state index is 6.22. The van der Waals surface area contributed by atoms with Gasteiger partial charge in [0.1, 0.15) is 47.6 Å². The number of hydrogen-bond acceptors (Lipinski definition) is 5. The van der Waals surface area contributed by atoms with E-state index in [4.69, 9.17) is 31.8 Å². The van der Waals surface area contributed by atoms with E-state index >= 15 is 0 Å². The summed E-state index contributed by atoms with van der Waals surface area (Å²) in [6.07, 6.45) is 15.0. The fraction of sp³-hybridized carbons (Fsp3) is 0.0462. The first-order valence-corrected chi connectivity index (χ1v) is 19.3. The monoisotopic (exact) mass is 877 g/mol. The minimum absolute atomic E-state index is 0.0325. The first-order chi connectivity index (χ1) is 34.7. The van der Waals surface area contributed by atoms with Crippen molar-refractivity contribution < 1.29 is 18.9 Å². The van der Waals surface area contributed by atoms with Crippen LogP contribution in [0.25, 0.3) is 0 Å². The van der Waals surface area contributed by atoms with Gasteiger partial charge in [-0.05, 0) is 138 Å². The lowest BCUT2D eigenvalue weighted by Gasteiger charge is -2.28. The standard InChI is InChI=1S/C65H19NO4/c1-4-6-8-10-12-14-16-18-20-22-24-26-28-30-32-34-36-38-40-44-50-67-59-52-57(56-69-58-48-49-62-64(55-58)70-63-47-43-42-46-61(63)65(62)66-3)53-60(54-59)68-51-45-41-39-37-35-33-31-29-27-25-23-21-19-17-15-13-11-9-7-5-2/h1-2,42-43,46-49,52-55,65-66H,56H2,3H3. The molecule has 1 heterocycles. The molecule has 1 aliphatic heterocycles. The third-order valence-electron chi connectivity index (χ3n) is 7.21. The number of terminal acetylenes is 2. The van der Waals surface area contributed by atoms with E-state index in [1.54, 1.807) is 18.2 Å². The summed E-state index contributed by atoms with van der Waals surface area (Å²) in [5, 5.41) is 3.36. The Hall–Kier alpha value is -12.9. The molecule has 0 aromatic heterocycles. The van der Waals surface area contributed by atoms with Crippen LogP contribution in [0.1, 0.15) is 22.7 Å². The van der Waals surface area contributed by atoms with E-state index in [9.17, 15) is 0 Å². The fourth-order valence-electron chi connectivity index (χ4n) is 4.69. The number of hydrogen-bond donors (Lipinski definition) is 1. The van der Waals surface area contributed by atoms with Crippen molar-refractivity contribution >= 4 is 0 Å². The second-order valence-corrected chi connectivity index (χ2v) is 11.6. The average molecular weight is 878 g/mol. The Kier molecular flexibility index (Phi) is 23.3. The van der Waals surface area contributed by atoms with E-state index in [0.717, 1.165) is 16.9 Å². The molecule has 3 aromatic carbocycles. The van der Waals surface area contributed by atoms with Crippen molar-refractivity contribution in [2.24, 2.45) is 0 Å². The Morgan fingerprint density at radius 3 is 1.14 bits per heavy atom. The molecule has 5 heteroatoms. The van der Waals surface area contributed by atoms with Gasteiger partial charge in [-0.25, -0.2) is 0 Å². The number of para-hydroxylation sites is 1. The Bertz CT molecular complexity index is 3860. The Labute approximate surface area is 410 Å². The molecule has 0 spiro atoms. The molecule has 308 valence electrons. The molecule has 0 saturated carbocycles. The summed E-state index contributed by atoms with van der Waals surface area (Å²) in [5.41, 5.74) is 2.72. The molecule has 70 heavy (non-hydrogen) atoms. The second kappa shape index (κ2) is 32.8. The number of nitrogens with one attached hydrogen (secondary N) is 1. The molecular formula is C65H19NO4. The molecule has 5 nitrogen and oxygen atoms in total. The van der Waals surface area contributed by atoms with Gasteiger partial charge in [-0.2, -0.15) is 0 Å². The second-order valence-electron chi connectivity index (χ2n) is 11.6. The molecule has 0 saturated heterocycles. The molecule has 1 atom stereocenters. The van der Waals surface area contributed by atoms with Crippen LogP contribution in [0.15, 0.2) is 60.7 Å². The molecule has 0 fully saturated rings. The van der Waals surface area contributed by atoms with Gasteiger partial charge in [0.2, 0.25) is 0 Å². The van der Waals surface area contributed by atoms with Crippen molar-refractivity contribution in [3.05, 3.63) is 77.4 Å². The quantitative estimate of drug-likeness (QED) is 0.365. The lowest BCUT2D eigenvalue weighted by atomic mass is 9.94. The normalized spacial score (nSPS) is 8.13. The first-order valence-electron chi connectivity index (χ1n) is 19.3. The average Bonchev–Trinajstić information content (AvgIpc) is 3.38. The molecule has 0 bridgehead atoms. The van der Waals surface area contributed by atoms with Crippen molar-refractivity contribution in [1.82, 2.24) is 5.32 Å². The number of fused-ring (bicyclic) bond motifs is 2. The van der Waals surface area contributed by atoms with Crippen LogP contribution in [0.5, 0.6) is 28.7 Å². The van der Waals surface area contributed by atoms with Gasteiger partial charge in [0.15, 0.2) is 0 Å². The van der Waals surface area contributed by atoms with E-state index < -0.39 is 0 Å². The van der Waals surface area contributed by atoms with Crippen molar-refractivity contribution in [3.63, 3.8) is 0 Å². The smallest absolute Gasteiger partial charge is 0.144 e. The highest BCUT2D eigenvalue weighted by Crippen LogP contribution is 2.44. The van der Waals surface area contributed by atoms with Gasteiger partial charge in [-0.15, -0.1) is 12.8 Å². The predicted molar refractivity (Wildman–Crippen MR) is 269 cm³/mol. The van der Waals surface area contributed by atoms with Crippen LogP contribution in [-0.2, 0) is 6.61 Å². The summed E-state index contributed by atoms with van der Waals surface area (Å²) in [4.78, 5) is 0. The molecule has 0 amide bonds. The van der Waals surface area contributed by atoms with E-state index in [1.165, 1.54) is 0 Å². The Balaban J connectivity index is 1.39. The highest BCUT2D eigenvalue weighted by atomic mass is 16.5. The van der Waals surface area contributed by atoms with Crippen LogP contribution >= 0.6 is 0 Å². The van der Waals surface area contributed by atoms with Crippen LogP contribution in [-0.4, -0.2) is 7.05 Å². The van der Waals surface area contributed by atoms with Gasteiger partial charge in [-0.1, -0.05) is 18.2 Å². The Morgan fingerprint density at radius 2 is 0.757 bits per heavy atom. The largest absolute Gasteiger partial charge is 0.489 e. The van der Waals surface area contributed by atoms with Crippen LogP contribution < -0.4 is 24.3 Å². The summed E-state index contributed by atoms with van der Waals surface area (Å²) < 4.78 is 23.7. The zero-order chi connectivity index (χ0) is 49.2. The van der Waals surface area contributed by atoms with Crippen LogP contribution in [0, 0.1) is 262 Å². The molecule has 1 aliphatic rings. The van der Waals surface area contributed by atoms with Gasteiger partial charge in [0.05, 0.1) is 6.04 Å². The minimum Gasteiger partial charge on any atom is -0.489 e. The third-order valence-corrected chi connectivity index (χ3v) is 7.21. The summed E-state index contributed by atoms with van der Waals surface area (Å²) >= 11 is 0. The van der Waals surface area contributed by atoms with Gasteiger partial charge in [0.25, 0.3) is 0 Å². The maximum atomic E-state index is 6.22. The van der Waals surface area contributed by atoms with Crippen molar-refractivity contribution in [2.75, 3.05) is 7.05 Å². The van der Waals surface area contributed by atoms with Gasteiger partial charge in [-0.3, -0.25) is 0 Å². The molecule has 1 unspecified atom stereocenters. The first kappa shape index (κ1) is 49.8. The lowest BCUT2D eigenvalue weighted by Crippen LogP contribution is -2.21. The van der Waals surface area contributed by atoms with Gasteiger partial charge in [0, 0.05) is 165 Å². The summed E-state index contributed by atoms with van der Waals surface area (Å²) in [6.45, 7) is 0.135. The predicted octanol–water partition coefficient (Wildman–Crippen LogP) is 4.69. The van der Waals surface area contributed by atoms with Gasteiger partial charge >= 0.3 is 0 Å². The van der Waals surface area contributed by atoms with Crippen LogP contribution in [0.3, 0.4) is 0 Å². The molecule has 3 aromatic rings.